The van der Waals surface area contributed by atoms with E-state index in [1.165, 1.54) is 0 Å². The first-order valence-electron chi connectivity index (χ1n) is 6.88. The molecular weight excluding hydrogens is 256 g/mol. The molecule has 1 saturated heterocycles. The standard InChI is InChI=1S/C14H20N4O2/c1-3-4-15-12-7-10(2)17-8-11(12)14(20)18-6-5-16-13(19)9-18/h7-8H,3-6,9H2,1-2H3,(H,15,17)(H,16,19). The van der Waals surface area contributed by atoms with Gasteiger partial charge in [-0.05, 0) is 19.4 Å². The lowest BCUT2D eigenvalue weighted by molar-refractivity contribution is -0.123. The number of anilines is 1. The van der Waals surface area contributed by atoms with Gasteiger partial charge in [0.2, 0.25) is 5.91 Å². The van der Waals surface area contributed by atoms with Gasteiger partial charge in [0.05, 0.1) is 17.8 Å². The molecule has 2 heterocycles. The third-order valence-electron chi connectivity index (χ3n) is 3.16. The molecule has 20 heavy (non-hydrogen) atoms. The first-order valence-corrected chi connectivity index (χ1v) is 6.88. The molecule has 0 unspecified atom stereocenters. The van der Waals surface area contributed by atoms with E-state index in [-0.39, 0.29) is 18.4 Å². The molecule has 0 atom stereocenters. The Morgan fingerprint density at radius 1 is 1.55 bits per heavy atom. The van der Waals surface area contributed by atoms with Crippen molar-refractivity contribution in [2.75, 3.05) is 31.5 Å². The van der Waals surface area contributed by atoms with Gasteiger partial charge in [0.15, 0.2) is 0 Å². The Morgan fingerprint density at radius 3 is 3.05 bits per heavy atom. The van der Waals surface area contributed by atoms with Crippen LogP contribution in [0.25, 0.3) is 0 Å². The molecule has 0 spiro atoms. The van der Waals surface area contributed by atoms with E-state index in [1.807, 2.05) is 13.0 Å². The first-order chi connectivity index (χ1) is 9.61. The first kappa shape index (κ1) is 14.3. The minimum atomic E-state index is -0.147. The van der Waals surface area contributed by atoms with E-state index in [9.17, 15) is 9.59 Å². The minimum absolute atomic E-state index is 0.111. The molecule has 2 rings (SSSR count). The van der Waals surface area contributed by atoms with Gasteiger partial charge < -0.3 is 15.5 Å². The van der Waals surface area contributed by atoms with Crippen molar-refractivity contribution in [3.8, 4) is 0 Å². The van der Waals surface area contributed by atoms with E-state index in [1.54, 1.807) is 11.1 Å². The summed E-state index contributed by atoms with van der Waals surface area (Å²) in [5.41, 5.74) is 2.17. The van der Waals surface area contributed by atoms with Crippen LogP contribution < -0.4 is 10.6 Å². The Kier molecular flexibility index (Phi) is 4.55. The van der Waals surface area contributed by atoms with Gasteiger partial charge in [0, 0.05) is 31.5 Å². The van der Waals surface area contributed by atoms with Crippen LogP contribution in [0, 0.1) is 6.92 Å². The number of carbonyl (C=O) groups excluding carboxylic acids is 2. The number of aryl methyl sites for hydroxylation is 1. The Balaban J connectivity index is 2.21. The second-order valence-corrected chi connectivity index (χ2v) is 4.87. The van der Waals surface area contributed by atoms with Gasteiger partial charge >= 0.3 is 0 Å². The number of pyridine rings is 1. The van der Waals surface area contributed by atoms with E-state index in [0.29, 0.717) is 18.7 Å². The van der Waals surface area contributed by atoms with Crippen LogP contribution in [0.3, 0.4) is 0 Å². The van der Waals surface area contributed by atoms with Gasteiger partial charge in [0.25, 0.3) is 5.91 Å². The number of carbonyl (C=O) groups is 2. The number of rotatable bonds is 4. The van der Waals surface area contributed by atoms with E-state index < -0.39 is 0 Å². The summed E-state index contributed by atoms with van der Waals surface area (Å²) in [5.74, 6) is -0.265. The quantitative estimate of drug-likeness (QED) is 0.852. The van der Waals surface area contributed by atoms with Crippen molar-refractivity contribution in [1.29, 1.82) is 0 Å². The molecule has 108 valence electrons. The molecule has 1 aromatic heterocycles. The molecule has 1 aromatic rings. The zero-order valence-corrected chi connectivity index (χ0v) is 11.9. The van der Waals surface area contributed by atoms with Crippen molar-refractivity contribution in [1.82, 2.24) is 15.2 Å². The Hall–Kier alpha value is -2.11. The molecule has 1 aliphatic heterocycles. The molecule has 0 aromatic carbocycles. The van der Waals surface area contributed by atoms with Gasteiger partial charge in [-0.2, -0.15) is 0 Å². The number of nitrogens with one attached hydrogen (secondary N) is 2. The highest BCUT2D eigenvalue weighted by Crippen LogP contribution is 2.18. The van der Waals surface area contributed by atoms with Crippen molar-refractivity contribution in [2.45, 2.75) is 20.3 Å². The fourth-order valence-electron chi connectivity index (χ4n) is 2.12. The topological polar surface area (TPSA) is 74.3 Å². The molecule has 0 radical (unpaired) electrons. The van der Waals surface area contributed by atoms with Crippen LogP contribution >= 0.6 is 0 Å². The lowest BCUT2D eigenvalue weighted by Gasteiger charge is -2.27. The average molecular weight is 276 g/mol. The van der Waals surface area contributed by atoms with Gasteiger partial charge in [-0.15, -0.1) is 0 Å². The second kappa shape index (κ2) is 6.36. The van der Waals surface area contributed by atoms with Crippen LogP contribution in [0.5, 0.6) is 0 Å². The number of amides is 2. The van der Waals surface area contributed by atoms with Gasteiger partial charge in [-0.25, -0.2) is 0 Å². The van der Waals surface area contributed by atoms with E-state index in [2.05, 4.69) is 22.5 Å². The number of hydrogen-bond donors (Lipinski definition) is 2. The van der Waals surface area contributed by atoms with E-state index in [0.717, 1.165) is 24.3 Å². The molecule has 0 aliphatic carbocycles. The highest BCUT2D eigenvalue weighted by atomic mass is 16.2. The van der Waals surface area contributed by atoms with Crippen LogP contribution in [0.2, 0.25) is 0 Å². The molecule has 1 aliphatic rings. The summed E-state index contributed by atoms with van der Waals surface area (Å²) < 4.78 is 0. The van der Waals surface area contributed by atoms with Crippen LogP contribution in [0.4, 0.5) is 5.69 Å². The lowest BCUT2D eigenvalue weighted by Crippen LogP contribution is -2.50. The highest BCUT2D eigenvalue weighted by molar-refractivity contribution is 6.01. The number of aromatic nitrogens is 1. The summed E-state index contributed by atoms with van der Waals surface area (Å²) in [6.45, 7) is 5.90. The largest absolute Gasteiger partial charge is 0.384 e. The average Bonchev–Trinajstić information content (AvgIpc) is 2.44. The van der Waals surface area contributed by atoms with Crippen molar-refractivity contribution in [3.05, 3.63) is 23.5 Å². The molecule has 6 heteroatoms. The highest BCUT2D eigenvalue weighted by Gasteiger charge is 2.24. The number of piperazine rings is 1. The maximum absolute atomic E-state index is 12.5. The summed E-state index contributed by atoms with van der Waals surface area (Å²) in [7, 11) is 0. The summed E-state index contributed by atoms with van der Waals surface area (Å²) >= 11 is 0. The molecule has 1 fully saturated rings. The predicted molar refractivity (Wildman–Crippen MR) is 76.7 cm³/mol. The van der Waals surface area contributed by atoms with Gasteiger partial charge in [-0.3, -0.25) is 14.6 Å². The maximum Gasteiger partial charge on any atom is 0.258 e. The maximum atomic E-state index is 12.5. The number of nitrogens with zero attached hydrogens (tertiary/aromatic N) is 2. The van der Waals surface area contributed by atoms with E-state index in [4.69, 9.17) is 0 Å². The Morgan fingerprint density at radius 2 is 2.35 bits per heavy atom. The third-order valence-corrected chi connectivity index (χ3v) is 3.16. The van der Waals surface area contributed by atoms with Crippen molar-refractivity contribution < 1.29 is 9.59 Å². The summed E-state index contributed by atoms with van der Waals surface area (Å²) in [6, 6.07) is 1.87. The second-order valence-electron chi connectivity index (χ2n) is 4.87. The molecule has 2 amide bonds. The zero-order valence-electron chi connectivity index (χ0n) is 11.9. The fourth-order valence-corrected chi connectivity index (χ4v) is 2.12. The molecule has 0 bridgehead atoms. The predicted octanol–water partition coefficient (Wildman–Crippen LogP) is 0.784. The van der Waals surface area contributed by atoms with Gasteiger partial charge in [-0.1, -0.05) is 6.92 Å². The monoisotopic (exact) mass is 276 g/mol. The van der Waals surface area contributed by atoms with E-state index >= 15 is 0 Å². The normalized spacial score (nSPS) is 14.9. The zero-order chi connectivity index (χ0) is 14.5. The third kappa shape index (κ3) is 3.26. The minimum Gasteiger partial charge on any atom is -0.384 e. The van der Waals surface area contributed by atoms with Gasteiger partial charge in [0.1, 0.15) is 0 Å². The van der Waals surface area contributed by atoms with Crippen LogP contribution in [-0.4, -0.2) is 47.9 Å². The summed E-state index contributed by atoms with van der Waals surface area (Å²) in [4.78, 5) is 29.6. The van der Waals surface area contributed by atoms with Crippen molar-refractivity contribution in [3.63, 3.8) is 0 Å². The van der Waals surface area contributed by atoms with Crippen LogP contribution in [-0.2, 0) is 4.79 Å². The molecular formula is C14H20N4O2. The Bertz CT molecular complexity index is 516. The van der Waals surface area contributed by atoms with Crippen molar-refractivity contribution >= 4 is 17.5 Å². The lowest BCUT2D eigenvalue weighted by atomic mass is 10.1. The molecule has 6 nitrogen and oxygen atoms in total. The van der Waals surface area contributed by atoms with Crippen LogP contribution in [0.1, 0.15) is 29.4 Å². The molecule has 2 N–H and O–H groups in total. The fraction of sp³-hybridized carbons (Fsp3) is 0.500. The summed E-state index contributed by atoms with van der Waals surface area (Å²) in [5, 5.41) is 5.96. The smallest absolute Gasteiger partial charge is 0.258 e. The number of hydrogen-bond acceptors (Lipinski definition) is 4. The summed E-state index contributed by atoms with van der Waals surface area (Å²) in [6.07, 6.45) is 2.56. The SMILES string of the molecule is CCCNc1cc(C)ncc1C(=O)N1CCNC(=O)C1. The van der Waals surface area contributed by atoms with Crippen molar-refractivity contribution in [2.24, 2.45) is 0 Å². The molecule has 0 saturated carbocycles. The van der Waals surface area contributed by atoms with Crippen LogP contribution in [0.15, 0.2) is 12.3 Å². The Labute approximate surface area is 118 Å².